The van der Waals surface area contributed by atoms with E-state index in [0.717, 1.165) is 11.1 Å². The van der Waals surface area contributed by atoms with Gasteiger partial charge in [0.05, 0.1) is 0 Å². The van der Waals surface area contributed by atoms with Crippen molar-refractivity contribution in [1.29, 1.82) is 0 Å². The van der Waals surface area contributed by atoms with Gasteiger partial charge in [0.15, 0.2) is 0 Å². The molecule has 1 unspecified atom stereocenters. The number of aryl methyl sites for hydroxylation is 1. The number of carbonyl (C=O) groups is 2. The van der Waals surface area contributed by atoms with Gasteiger partial charge in [-0.3, -0.25) is 10.1 Å². The Labute approximate surface area is 94.0 Å². The van der Waals surface area contributed by atoms with Crippen LogP contribution in [0.4, 0.5) is 4.79 Å². The highest BCUT2D eigenvalue weighted by atomic mass is 16.2. The van der Waals surface area contributed by atoms with Gasteiger partial charge in [0.1, 0.15) is 5.54 Å². The molecule has 1 aliphatic rings. The second-order valence-electron chi connectivity index (χ2n) is 4.03. The lowest BCUT2D eigenvalue weighted by molar-refractivity contribution is -0.124. The van der Waals surface area contributed by atoms with Gasteiger partial charge in [0, 0.05) is 0 Å². The fourth-order valence-electron chi connectivity index (χ4n) is 1.99. The maximum Gasteiger partial charge on any atom is 0.322 e. The molecule has 16 heavy (non-hydrogen) atoms. The van der Waals surface area contributed by atoms with E-state index in [1.165, 1.54) is 0 Å². The van der Waals surface area contributed by atoms with Crippen molar-refractivity contribution in [2.45, 2.75) is 25.8 Å². The van der Waals surface area contributed by atoms with Gasteiger partial charge < -0.3 is 5.32 Å². The van der Waals surface area contributed by atoms with Crippen LogP contribution in [-0.2, 0) is 10.3 Å². The number of nitrogens with one attached hydrogen (secondary N) is 2. The molecule has 2 rings (SSSR count). The fraction of sp³-hybridized carbons (Fsp3) is 0.333. The Morgan fingerprint density at radius 3 is 2.25 bits per heavy atom. The molecule has 0 bridgehead atoms. The van der Waals surface area contributed by atoms with Crippen molar-refractivity contribution in [3.63, 3.8) is 0 Å². The zero-order chi connectivity index (χ0) is 11.8. The van der Waals surface area contributed by atoms with Gasteiger partial charge in [-0.2, -0.15) is 0 Å². The lowest BCUT2D eigenvalue weighted by Gasteiger charge is -2.24. The Morgan fingerprint density at radius 1 is 1.19 bits per heavy atom. The summed E-state index contributed by atoms with van der Waals surface area (Å²) in [5, 5.41) is 4.99. The molecule has 0 aromatic heterocycles. The van der Waals surface area contributed by atoms with Crippen molar-refractivity contribution in [3.05, 3.63) is 35.4 Å². The van der Waals surface area contributed by atoms with Crippen molar-refractivity contribution in [1.82, 2.24) is 10.6 Å². The van der Waals surface area contributed by atoms with E-state index in [0.29, 0.717) is 6.42 Å². The number of carbonyl (C=O) groups excluding carboxylic acids is 2. The Balaban J connectivity index is 2.46. The minimum Gasteiger partial charge on any atom is -0.319 e. The minimum atomic E-state index is -0.898. The van der Waals surface area contributed by atoms with Crippen LogP contribution < -0.4 is 10.6 Å². The predicted octanol–water partition coefficient (Wildman–Crippen LogP) is 1.44. The topological polar surface area (TPSA) is 58.2 Å². The van der Waals surface area contributed by atoms with Crippen molar-refractivity contribution >= 4 is 11.9 Å². The monoisotopic (exact) mass is 218 g/mol. The van der Waals surface area contributed by atoms with Gasteiger partial charge in [-0.05, 0) is 18.9 Å². The van der Waals surface area contributed by atoms with Crippen LogP contribution in [0.25, 0.3) is 0 Å². The second kappa shape index (κ2) is 3.63. The summed E-state index contributed by atoms with van der Waals surface area (Å²) >= 11 is 0. The van der Waals surface area contributed by atoms with Gasteiger partial charge in [0.25, 0.3) is 5.91 Å². The summed E-state index contributed by atoms with van der Waals surface area (Å²) in [6.45, 7) is 3.86. The molecule has 0 saturated carbocycles. The molecule has 0 aliphatic carbocycles. The molecule has 1 saturated heterocycles. The number of hydrogen-bond donors (Lipinski definition) is 2. The van der Waals surface area contributed by atoms with Gasteiger partial charge in [-0.1, -0.05) is 36.8 Å². The van der Waals surface area contributed by atoms with E-state index < -0.39 is 11.6 Å². The van der Waals surface area contributed by atoms with Crippen LogP contribution in [-0.4, -0.2) is 11.9 Å². The molecule has 1 fully saturated rings. The van der Waals surface area contributed by atoms with Crippen LogP contribution in [0.3, 0.4) is 0 Å². The van der Waals surface area contributed by atoms with Crippen LogP contribution >= 0.6 is 0 Å². The summed E-state index contributed by atoms with van der Waals surface area (Å²) in [7, 11) is 0. The normalized spacial score (nSPS) is 24.1. The third kappa shape index (κ3) is 1.46. The Morgan fingerprint density at radius 2 is 1.81 bits per heavy atom. The highest BCUT2D eigenvalue weighted by Gasteiger charge is 2.45. The number of amides is 3. The van der Waals surface area contributed by atoms with E-state index in [2.05, 4.69) is 10.6 Å². The summed E-state index contributed by atoms with van der Waals surface area (Å²) < 4.78 is 0. The summed E-state index contributed by atoms with van der Waals surface area (Å²) in [6.07, 6.45) is 0.535. The minimum absolute atomic E-state index is 0.274. The number of urea groups is 1. The van der Waals surface area contributed by atoms with Crippen molar-refractivity contribution in [2.75, 3.05) is 0 Å². The number of hydrogen-bond acceptors (Lipinski definition) is 2. The van der Waals surface area contributed by atoms with Gasteiger partial charge in [-0.15, -0.1) is 0 Å². The van der Waals surface area contributed by atoms with E-state index >= 15 is 0 Å². The van der Waals surface area contributed by atoms with E-state index in [1.807, 2.05) is 38.1 Å². The first-order chi connectivity index (χ1) is 7.58. The van der Waals surface area contributed by atoms with Gasteiger partial charge >= 0.3 is 6.03 Å². The van der Waals surface area contributed by atoms with Crippen LogP contribution in [0.2, 0.25) is 0 Å². The molecule has 1 aromatic carbocycles. The molecule has 0 radical (unpaired) electrons. The molecule has 0 spiro atoms. The summed E-state index contributed by atoms with van der Waals surface area (Å²) in [5.74, 6) is -0.274. The molecule has 1 aromatic rings. The van der Waals surface area contributed by atoms with Crippen molar-refractivity contribution < 1.29 is 9.59 Å². The molecule has 4 heteroatoms. The van der Waals surface area contributed by atoms with E-state index in [-0.39, 0.29) is 5.91 Å². The van der Waals surface area contributed by atoms with E-state index in [4.69, 9.17) is 0 Å². The smallest absolute Gasteiger partial charge is 0.319 e. The summed E-state index contributed by atoms with van der Waals surface area (Å²) in [4.78, 5) is 23.1. The van der Waals surface area contributed by atoms with Crippen LogP contribution in [0.15, 0.2) is 24.3 Å². The predicted molar refractivity (Wildman–Crippen MR) is 59.8 cm³/mol. The van der Waals surface area contributed by atoms with E-state index in [1.54, 1.807) is 0 Å². The van der Waals surface area contributed by atoms with Gasteiger partial charge in [-0.25, -0.2) is 4.79 Å². The van der Waals surface area contributed by atoms with E-state index in [9.17, 15) is 9.59 Å². The summed E-state index contributed by atoms with van der Waals surface area (Å²) in [6, 6.07) is 7.20. The standard InChI is InChI=1S/C12H14N2O2/c1-3-12(10(15)13-11(16)14-12)9-6-4-8(2)5-7-9/h4-7H,3H2,1-2H3,(H2,13,14,15,16). The first kappa shape index (κ1) is 10.7. The van der Waals surface area contributed by atoms with Crippen molar-refractivity contribution in [2.24, 2.45) is 0 Å². The Kier molecular flexibility index (Phi) is 2.42. The molecule has 1 atom stereocenters. The number of benzene rings is 1. The Hall–Kier alpha value is -1.84. The maximum absolute atomic E-state index is 11.8. The number of imide groups is 1. The summed E-state index contributed by atoms with van der Waals surface area (Å²) in [5.41, 5.74) is 1.05. The third-order valence-electron chi connectivity index (χ3n) is 3.02. The van der Waals surface area contributed by atoms with Gasteiger partial charge in [0.2, 0.25) is 0 Å². The molecule has 1 heterocycles. The fourth-order valence-corrected chi connectivity index (χ4v) is 1.99. The molecule has 1 aliphatic heterocycles. The lowest BCUT2D eigenvalue weighted by Crippen LogP contribution is -2.43. The average Bonchev–Trinajstić information content (AvgIpc) is 2.55. The SMILES string of the molecule is CCC1(c2ccc(C)cc2)NC(=O)NC1=O. The average molecular weight is 218 g/mol. The Bertz CT molecular complexity index is 439. The largest absolute Gasteiger partial charge is 0.322 e. The molecular formula is C12H14N2O2. The second-order valence-corrected chi connectivity index (χ2v) is 4.03. The van der Waals surface area contributed by atoms with Crippen LogP contribution in [0.5, 0.6) is 0 Å². The quantitative estimate of drug-likeness (QED) is 0.738. The molecule has 84 valence electrons. The molecule has 2 N–H and O–H groups in total. The van der Waals surface area contributed by atoms with Crippen molar-refractivity contribution in [3.8, 4) is 0 Å². The zero-order valence-electron chi connectivity index (χ0n) is 9.33. The lowest BCUT2D eigenvalue weighted by atomic mass is 9.87. The van der Waals surface area contributed by atoms with Crippen LogP contribution in [0.1, 0.15) is 24.5 Å². The highest BCUT2D eigenvalue weighted by molar-refractivity contribution is 6.07. The molecule has 3 amide bonds. The highest BCUT2D eigenvalue weighted by Crippen LogP contribution is 2.28. The molecular weight excluding hydrogens is 204 g/mol. The third-order valence-corrected chi connectivity index (χ3v) is 3.02. The maximum atomic E-state index is 11.8. The first-order valence-electron chi connectivity index (χ1n) is 5.29. The molecule has 4 nitrogen and oxygen atoms in total. The number of rotatable bonds is 2. The zero-order valence-corrected chi connectivity index (χ0v) is 9.33. The van der Waals surface area contributed by atoms with Crippen LogP contribution in [0, 0.1) is 6.92 Å². The first-order valence-corrected chi connectivity index (χ1v) is 5.29.